The minimum Gasteiger partial charge on any atom is -0.496 e. The van der Waals surface area contributed by atoms with E-state index in [-0.39, 0.29) is 0 Å². The van der Waals surface area contributed by atoms with Gasteiger partial charge in [0.2, 0.25) is 0 Å². The lowest BCUT2D eigenvalue weighted by atomic mass is 10.2. The van der Waals surface area contributed by atoms with Gasteiger partial charge in [0.25, 0.3) is 0 Å². The number of aromatic nitrogens is 2. The van der Waals surface area contributed by atoms with E-state index in [9.17, 15) is 0 Å². The van der Waals surface area contributed by atoms with E-state index in [4.69, 9.17) is 4.74 Å². The molecule has 3 rings (SSSR count). The van der Waals surface area contributed by atoms with Crippen LogP contribution in [0.3, 0.4) is 0 Å². The first-order valence-corrected chi connectivity index (χ1v) is 7.76. The maximum absolute atomic E-state index is 5.36. The fraction of sp³-hybridized carbons (Fsp3) is 0.158. The summed E-state index contributed by atoms with van der Waals surface area (Å²) in [5.74, 6) is 2.36. The second kappa shape index (κ2) is 7.46. The first-order valence-electron chi connectivity index (χ1n) is 7.76. The lowest BCUT2D eigenvalue weighted by Crippen LogP contribution is -2.04. The Morgan fingerprint density at radius 2 is 1.71 bits per heavy atom. The molecule has 0 unspecified atom stereocenters. The Labute approximate surface area is 141 Å². The molecule has 122 valence electrons. The standard InChI is InChI=1S/C19H20N4O/c1-14-7-9-16(10-8-14)23-19-11-18(21-13-22-19)20-12-15-5-3-4-6-17(15)24-2/h3-11,13H,12H2,1-2H3,(H2,20,21,22,23). The highest BCUT2D eigenvalue weighted by Crippen LogP contribution is 2.20. The largest absolute Gasteiger partial charge is 0.496 e. The van der Waals surface area contributed by atoms with Crippen LogP contribution >= 0.6 is 0 Å². The van der Waals surface area contributed by atoms with Crippen LogP contribution in [0.2, 0.25) is 0 Å². The number of aryl methyl sites for hydroxylation is 1. The first-order chi connectivity index (χ1) is 11.7. The predicted octanol–water partition coefficient (Wildman–Crippen LogP) is 4.15. The Morgan fingerprint density at radius 3 is 2.50 bits per heavy atom. The fourth-order valence-electron chi connectivity index (χ4n) is 2.34. The Hall–Kier alpha value is -3.08. The van der Waals surface area contributed by atoms with Gasteiger partial charge in [0.05, 0.1) is 7.11 Å². The number of para-hydroxylation sites is 1. The molecule has 1 heterocycles. The molecule has 0 aliphatic carbocycles. The van der Waals surface area contributed by atoms with Gasteiger partial charge in [-0.25, -0.2) is 9.97 Å². The second-order valence-electron chi connectivity index (χ2n) is 5.44. The molecule has 0 amide bonds. The van der Waals surface area contributed by atoms with E-state index in [2.05, 4.69) is 39.7 Å². The summed E-state index contributed by atoms with van der Waals surface area (Å²) in [5.41, 5.74) is 3.30. The average Bonchev–Trinajstić information content (AvgIpc) is 2.62. The molecule has 1 aromatic heterocycles. The molecule has 0 aliphatic heterocycles. The molecular weight excluding hydrogens is 300 g/mol. The number of hydrogen-bond acceptors (Lipinski definition) is 5. The minimum absolute atomic E-state index is 0.630. The van der Waals surface area contributed by atoms with Crippen molar-refractivity contribution in [3.8, 4) is 5.75 Å². The van der Waals surface area contributed by atoms with Gasteiger partial charge in [0, 0.05) is 23.9 Å². The Morgan fingerprint density at radius 1 is 0.958 bits per heavy atom. The average molecular weight is 320 g/mol. The first kappa shape index (κ1) is 15.8. The number of hydrogen-bond donors (Lipinski definition) is 2. The Kier molecular flexibility index (Phi) is 4.91. The van der Waals surface area contributed by atoms with Gasteiger partial charge in [0.15, 0.2) is 0 Å². The lowest BCUT2D eigenvalue weighted by Gasteiger charge is -2.11. The molecule has 0 radical (unpaired) electrons. The van der Waals surface area contributed by atoms with Crippen molar-refractivity contribution in [3.63, 3.8) is 0 Å². The van der Waals surface area contributed by atoms with Gasteiger partial charge in [-0.05, 0) is 25.1 Å². The molecule has 2 aromatic carbocycles. The van der Waals surface area contributed by atoms with Crippen LogP contribution in [0.5, 0.6) is 5.75 Å². The molecular formula is C19H20N4O. The van der Waals surface area contributed by atoms with Gasteiger partial charge in [0.1, 0.15) is 23.7 Å². The van der Waals surface area contributed by atoms with Crippen molar-refractivity contribution in [1.29, 1.82) is 0 Å². The van der Waals surface area contributed by atoms with Crippen LogP contribution in [-0.4, -0.2) is 17.1 Å². The van der Waals surface area contributed by atoms with Gasteiger partial charge in [-0.3, -0.25) is 0 Å². The highest BCUT2D eigenvalue weighted by molar-refractivity contribution is 5.59. The summed E-state index contributed by atoms with van der Waals surface area (Å²) in [5, 5.41) is 6.58. The number of methoxy groups -OCH3 is 1. The van der Waals surface area contributed by atoms with Crippen LogP contribution in [0.1, 0.15) is 11.1 Å². The molecule has 0 fully saturated rings. The molecule has 24 heavy (non-hydrogen) atoms. The van der Waals surface area contributed by atoms with Crippen LogP contribution in [0.15, 0.2) is 60.9 Å². The highest BCUT2D eigenvalue weighted by Gasteiger charge is 2.03. The van der Waals surface area contributed by atoms with Crippen molar-refractivity contribution in [1.82, 2.24) is 9.97 Å². The molecule has 0 saturated carbocycles. The van der Waals surface area contributed by atoms with E-state index in [1.807, 2.05) is 42.5 Å². The fourth-order valence-corrected chi connectivity index (χ4v) is 2.34. The summed E-state index contributed by atoms with van der Waals surface area (Å²) in [6, 6.07) is 18.0. The topological polar surface area (TPSA) is 59.1 Å². The van der Waals surface area contributed by atoms with E-state index in [0.29, 0.717) is 6.54 Å². The molecule has 0 atom stereocenters. The number of anilines is 3. The van der Waals surface area contributed by atoms with E-state index < -0.39 is 0 Å². The molecule has 0 aliphatic rings. The van der Waals surface area contributed by atoms with Crippen LogP contribution in [0.4, 0.5) is 17.3 Å². The van der Waals surface area contributed by atoms with Gasteiger partial charge in [-0.1, -0.05) is 35.9 Å². The smallest absolute Gasteiger partial charge is 0.135 e. The number of nitrogens with zero attached hydrogens (tertiary/aromatic N) is 2. The quantitative estimate of drug-likeness (QED) is 0.714. The Balaban J connectivity index is 1.68. The summed E-state index contributed by atoms with van der Waals surface area (Å²) in [4.78, 5) is 8.52. The third-order valence-electron chi connectivity index (χ3n) is 3.64. The van der Waals surface area contributed by atoms with Gasteiger partial charge >= 0.3 is 0 Å². The summed E-state index contributed by atoms with van der Waals surface area (Å²) in [6.45, 7) is 2.69. The molecule has 0 saturated heterocycles. The van der Waals surface area contributed by atoms with Crippen LogP contribution in [0.25, 0.3) is 0 Å². The van der Waals surface area contributed by atoms with Gasteiger partial charge in [-0.2, -0.15) is 0 Å². The van der Waals surface area contributed by atoms with Crippen molar-refractivity contribution >= 4 is 17.3 Å². The van der Waals surface area contributed by atoms with Crippen LogP contribution in [-0.2, 0) is 6.54 Å². The number of nitrogens with one attached hydrogen (secondary N) is 2. The van der Waals surface area contributed by atoms with Crippen LogP contribution < -0.4 is 15.4 Å². The second-order valence-corrected chi connectivity index (χ2v) is 5.44. The predicted molar refractivity (Wildman–Crippen MR) is 96.8 cm³/mol. The van der Waals surface area contributed by atoms with E-state index in [0.717, 1.165) is 28.6 Å². The van der Waals surface area contributed by atoms with Gasteiger partial charge < -0.3 is 15.4 Å². The zero-order chi connectivity index (χ0) is 16.8. The van der Waals surface area contributed by atoms with E-state index in [1.54, 1.807) is 13.4 Å². The third-order valence-corrected chi connectivity index (χ3v) is 3.64. The van der Waals surface area contributed by atoms with Crippen LogP contribution in [0, 0.1) is 6.92 Å². The number of ether oxygens (including phenoxy) is 1. The van der Waals surface area contributed by atoms with Crippen molar-refractivity contribution < 1.29 is 4.74 Å². The molecule has 5 heteroatoms. The highest BCUT2D eigenvalue weighted by atomic mass is 16.5. The molecule has 0 bridgehead atoms. The molecule has 5 nitrogen and oxygen atoms in total. The van der Waals surface area contributed by atoms with Crippen molar-refractivity contribution in [3.05, 3.63) is 72.1 Å². The summed E-state index contributed by atoms with van der Waals surface area (Å²) in [6.07, 6.45) is 1.54. The van der Waals surface area contributed by atoms with Crippen molar-refractivity contribution in [2.75, 3.05) is 17.7 Å². The zero-order valence-corrected chi connectivity index (χ0v) is 13.8. The normalized spacial score (nSPS) is 10.2. The lowest BCUT2D eigenvalue weighted by molar-refractivity contribution is 0.410. The summed E-state index contributed by atoms with van der Waals surface area (Å²) in [7, 11) is 1.67. The zero-order valence-electron chi connectivity index (χ0n) is 13.8. The number of rotatable bonds is 6. The van der Waals surface area contributed by atoms with Crippen molar-refractivity contribution in [2.24, 2.45) is 0 Å². The Bertz CT molecular complexity index is 802. The minimum atomic E-state index is 0.630. The molecule has 0 spiro atoms. The van der Waals surface area contributed by atoms with Gasteiger partial charge in [-0.15, -0.1) is 0 Å². The van der Waals surface area contributed by atoms with E-state index >= 15 is 0 Å². The maximum atomic E-state index is 5.36. The molecule has 2 N–H and O–H groups in total. The number of benzene rings is 2. The van der Waals surface area contributed by atoms with E-state index in [1.165, 1.54) is 5.56 Å². The molecule has 3 aromatic rings. The maximum Gasteiger partial charge on any atom is 0.135 e. The summed E-state index contributed by atoms with van der Waals surface area (Å²) < 4.78 is 5.36. The monoisotopic (exact) mass is 320 g/mol. The summed E-state index contributed by atoms with van der Waals surface area (Å²) >= 11 is 0. The van der Waals surface area contributed by atoms with Crippen molar-refractivity contribution in [2.45, 2.75) is 13.5 Å². The third kappa shape index (κ3) is 4.01. The SMILES string of the molecule is COc1ccccc1CNc1cc(Nc2ccc(C)cc2)ncn1.